The van der Waals surface area contributed by atoms with Crippen LogP contribution >= 0.6 is 0 Å². The Morgan fingerprint density at radius 1 is 1.08 bits per heavy atom. The first-order valence-corrected chi connectivity index (χ1v) is 8.81. The van der Waals surface area contributed by atoms with Gasteiger partial charge in [0.25, 0.3) is 15.9 Å². The smallest absolute Gasteiger partial charge is 0.269 e. The second-order valence-electron chi connectivity index (χ2n) is 5.50. The van der Waals surface area contributed by atoms with Crippen molar-refractivity contribution in [2.75, 3.05) is 11.9 Å². The molecule has 0 aliphatic carbocycles. The number of rotatable bonds is 4. The van der Waals surface area contributed by atoms with Crippen molar-refractivity contribution in [2.45, 2.75) is 11.8 Å². The second-order valence-corrected chi connectivity index (χ2v) is 7.33. The molecule has 25 heavy (non-hydrogen) atoms. The van der Waals surface area contributed by atoms with Crippen LogP contribution in [0.25, 0.3) is 0 Å². The Labute approximate surface area is 144 Å². The lowest BCUT2D eigenvalue weighted by Gasteiger charge is -2.15. The van der Waals surface area contributed by atoms with Crippen LogP contribution in [0.4, 0.5) is 5.69 Å². The molecule has 0 saturated heterocycles. The fraction of sp³-hybridized carbons (Fsp3) is 0.118. The quantitative estimate of drug-likeness (QED) is 0.838. The number of hydrogen-bond donors (Lipinski definition) is 1. The van der Waals surface area contributed by atoms with Gasteiger partial charge >= 0.3 is 0 Å². The molecule has 1 heterocycles. The molecular weight excluding hydrogens is 344 g/mol. The average molecular weight is 358 g/mol. The Morgan fingerprint density at radius 2 is 1.80 bits per heavy atom. The summed E-state index contributed by atoms with van der Waals surface area (Å²) in [6.45, 7) is 0.758. The van der Waals surface area contributed by atoms with Gasteiger partial charge in [-0.2, -0.15) is 0 Å². The number of nitrogens with zero attached hydrogens (tertiary/aromatic N) is 1. The molecule has 0 bridgehead atoms. The van der Waals surface area contributed by atoms with E-state index in [4.69, 9.17) is 0 Å². The van der Waals surface area contributed by atoms with E-state index in [-0.39, 0.29) is 16.2 Å². The minimum absolute atomic E-state index is 0.0499. The molecule has 128 valence electrons. The third-order valence-corrected chi connectivity index (χ3v) is 5.54. The van der Waals surface area contributed by atoms with E-state index in [0.717, 1.165) is 0 Å². The molecule has 0 radical (unpaired) electrons. The number of anilines is 1. The van der Waals surface area contributed by atoms with Gasteiger partial charge in [-0.05, 0) is 31.2 Å². The summed E-state index contributed by atoms with van der Waals surface area (Å²) in [5, 5.41) is 2.50. The summed E-state index contributed by atoms with van der Waals surface area (Å²) in [6, 6.07) is 12.1. The molecule has 1 aliphatic rings. The number of carbonyl (C=O) groups is 3. The molecule has 2 aromatic rings. The summed E-state index contributed by atoms with van der Waals surface area (Å²) >= 11 is 0. The number of benzene rings is 2. The van der Waals surface area contributed by atoms with Crippen LogP contribution in [0.5, 0.6) is 0 Å². The molecular formula is C17H14N2O5S. The molecule has 0 spiro atoms. The van der Waals surface area contributed by atoms with E-state index < -0.39 is 28.4 Å². The molecule has 1 aliphatic heterocycles. The Hall–Kier alpha value is -3.00. The van der Waals surface area contributed by atoms with Crippen LogP contribution in [0.2, 0.25) is 0 Å². The number of ketones is 1. The van der Waals surface area contributed by atoms with E-state index in [9.17, 15) is 22.8 Å². The van der Waals surface area contributed by atoms with Crippen LogP contribution in [0, 0.1) is 0 Å². The topological polar surface area (TPSA) is 101 Å². The van der Waals surface area contributed by atoms with Crippen molar-refractivity contribution in [3.8, 4) is 0 Å². The maximum Gasteiger partial charge on any atom is 0.269 e. The first kappa shape index (κ1) is 16.8. The lowest BCUT2D eigenvalue weighted by Crippen LogP contribution is -2.37. The maximum absolute atomic E-state index is 12.4. The highest BCUT2D eigenvalue weighted by molar-refractivity contribution is 7.90. The van der Waals surface area contributed by atoms with Crippen molar-refractivity contribution in [3.63, 3.8) is 0 Å². The molecule has 2 amide bonds. The van der Waals surface area contributed by atoms with E-state index in [1.54, 1.807) is 24.3 Å². The fourth-order valence-electron chi connectivity index (χ4n) is 2.53. The van der Waals surface area contributed by atoms with Crippen molar-refractivity contribution in [3.05, 3.63) is 59.7 Å². The van der Waals surface area contributed by atoms with Crippen molar-refractivity contribution in [1.82, 2.24) is 4.31 Å². The van der Waals surface area contributed by atoms with E-state index in [1.165, 1.54) is 31.2 Å². The minimum atomic E-state index is -4.04. The highest BCUT2D eigenvalue weighted by Crippen LogP contribution is 2.29. The highest BCUT2D eigenvalue weighted by atomic mass is 32.2. The SMILES string of the molecule is CC(=O)c1cccc(NC(=O)CN2C(=O)c3ccccc3S2(=O)=O)c1. The van der Waals surface area contributed by atoms with Crippen LogP contribution in [0.15, 0.2) is 53.4 Å². The summed E-state index contributed by atoms with van der Waals surface area (Å²) in [5.41, 5.74) is 0.809. The number of amides is 2. The predicted octanol–water partition coefficient (Wildman–Crippen LogP) is 1.67. The Bertz CT molecular complexity index is 998. The summed E-state index contributed by atoms with van der Waals surface area (Å²) in [5.74, 6) is -1.57. The summed E-state index contributed by atoms with van der Waals surface area (Å²) < 4.78 is 25.4. The van der Waals surface area contributed by atoms with Gasteiger partial charge in [0, 0.05) is 11.3 Å². The molecule has 7 nitrogen and oxygen atoms in total. The second kappa shape index (κ2) is 6.14. The molecule has 0 fully saturated rings. The van der Waals surface area contributed by atoms with Gasteiger partial charge in [0.05, 0.1) is 5.56 Å². The Kier molecular flexibility index (Phi) is 4.13. The minimum Gasteiger partial charge on any atom is -0.324 e. The normalized spacial score (nSPS) is 14.9. The van der Waals surface area contributed by atoms with Gasteiger partial charge < -0.3 is 5.32 Å². The number of nitrogens with one attached hydrogen (secondary N) is 1. The summed E-state index contributed by atoms with van der Waals surface area (Å²) in [7, 11) is -4.04. The van der Waals surface area contributed by atoms with Crippen LogP contribution in [0.1, 0.15) is 27.6 Å². The molecule has 0 saturated carbocycles. The van der Waals surface area contributed by atoms with Gasteiger partial charge in [0.2, 0.25) is 5.91 Å². The van der Waals surface area contributed by atoms with E-state index in [2.05, 4.69) is 5.32 Å². The van der Waals surface area contributed by atoms with E-state index in [0.29, 0.717) is 15.6 Å². The highest BCUT2D eigenvalue weighted by Gasteiger charge is 2.41. The first-order valence-electron chi connectivity index (χ1n) is 7.37. The standard InChI is InChI=1S/C17H14N2O5S/c1-11(20)12-5-4-6-13(9-12)18-16(21)10-19-17(22)14-7-2-3-8-15(14)25(19,23)24/h2-9H,10H2,1H3,(H,18,21). The van der Waals surface area contributed by atoms with Gasteiger partial charge in [-0.15, -0.1) is 0 Å². The number of Topliss-reactive ketones (excluding diaryl/α,β-unsaturated/α-hetero) is 1. The zero-order valence-electron chi connectivity index (χ0n) is 13.2. The molecule has 0 unspecified atom stereocenters. The average Bonchev–Trinajstić information content (AvgIpc) is 2.76. The zero-order valence-corrected chi connectivity index (χ0v) is 14.0. The number of sulfonamides is 1. The van der Waals surface area contributed by atoms with Crippen molar-refractivity contribution < 1.29 is 22.8 Å². The van der Waals surface area contributed by atoms with Gasteiger partial charge in [0.15, 0.2) is 5.78 Å². The van der Waals surface area contributed by atoms with Gasteiger partial charge in [-0.1, -0.05) is 24.3 Å². The van der Waals surface area contributed by atoms with E-state index >= 15 is 0 Å². The molecule has 0 aromatic heterocycles. The first-order chi connectivity index (χ1) is 11.8. The van der Waals surface area contributed by atoms with Gasteiger partial charge in [-0.25, -0.2) is 12.7 Å². The number of carbonyl (C=O) groups excluding carboxylic acids is 3. The van der Waals surface area contributed by atoms with Crippen molar-refractivity contribution in [2.24, 2.45) is 0 Å². The third kappa shape index (κ3) is 3.03. The van der Waals surface area contributed by atoms with Crippen LogP contribution in [-0.2, 0) is 14.8 Å². The van der Waals surface area contributed by atoms with Crippen LogP contribution in [-0.4, -0.2) is 36.9 Å². The zero-order chi connectivity index (χ0) is 18.2. The fourth-order valence-corrected chi connectivity index (χ4v) is 4.06. The molecule has 2 aromatic carbocycles. The lowest BCUT2D eigenvalue weighted by atomic mass is 10.1. The summed E-state index contributed by atoms with van der Waals surface area (Å²) in [4.78, 5) is 35.7. The third-order valence-electron chi connectivity index (χ3n) is 3.75. The molecule has 0 atom stereocenters. The monoisotopic (exact) mass is 358 g/mol. The number of fused-ring (bicyclic) bond motifs is 1. The van der Waals surface area contributed by atoms with Crippen LogP contribution in [0.3, 0.4) is 0 Å². The lowest BCUT2D eigenvalue weighted by molar-refractivity contribution is -0.116. The summed E-state index contributed by atoms with van der Waals surface area (Å²) in [6.07, 6.45) is 0. The predicted molar refractivity (Wildman–Crippen MR) is 89.7 cm³/mol. The molecule has 8 heteroatoms. The van der Waals surface area contributed by atoms with Crippen LogP contribution < -0.4 is 5.32 Å². The maximum atomic E-state index is 12.4. The Morgan fingerprint density at radius 3 is 2.48 bits per heavy atom. The largest absolute Gasteiger partial charge is 0.324 e. The van der Waals surface area contributed by atoms with Crippen molar-refractivity contribution >= 4 is 33.3 Å². The van der Waals surface area contributed by atoms with Gasteiger partial charge in [0.1, 0.15) is 11.4 Å². The van der Waals surface area contributed by atoms with Gasteiger partial charge in [-0.3, -0.25) is 14.4 Å². The molecule has 3 rings (SSSR count). The Balaban J connectivity index is 1.79. The molecule has 1 N–H and O–H groups in total. The van der Waals surface area contributed by atoms with E-state index in [1.807, 2.05) is 0 Å². The number of hydrogen-bond acceptors (Lipinski definition) is 5. The van der Waals surface area contributed by atoms with Crippen molar-refractivity contribution in [1.29, 1.82) is 0 Å².